The second-order valence-corrected chi connectivity index (χ2v) is 11.2. The van der Waals surface area contributed by atoms with Gasteiger partial charge in [0.2, 0.25) is 11.8 Å². The molecule has 1 unspecified atom stereocenters. The molecule has 0 saturated carbocycles. The summed E-state index contributed by atoms with van der Waals surface area (Å²) in [4.78, 5) is 30.2. The monoisotopic (exact) mass is 554 g/mol. The zero-order valence-corrected chi connectivity index (χ0v) is 24.4. The fraction of sp³-hybridized carbons (Fsp3) is 0.667. The number of carbonyl (C=O) groups excluding carboxylic acids is 2. The van der Waals surface area contributed by atoms with Crippen LogP contribution in [0.5, 0.6) is 5.75 Å². The molecule has 4 rings (SSSR count). The van der Waals surface area contributed by atoms with E-state index in [-0.39, 0.29) is 23.9 Å². The summed E-state index contributed by atoms with van der Waals surface area (Å²) < 4.78 is 13.4. The van der Waals surface area contributed by atoms with Gasteiger partial charge in [-0.3, -0.25) is 14.5 Å². The number of nitrogens with zero attached hydrogens (tertiary/aromatic N) is 5. The van der Waals surface area contributed by atoms with E-state index < -0.39 is 0 Å². The van der Waals surface area contributed by atoms with Crippen molar-refractivity contribution < 1.29 is 19.1 Å². The number of fused-ring (bicyclic) bond motifs is 1. The highest BCUT2D eigenvalue weighted by Crippen LogP contribution is 2.31. The third-order valence-corrected chi connectivity index (χ3v) is 7.91. The maximum Gasteiger partial charge on any atom is 0.234 e. The number of nitrogens with one attached hydrogen (secondary N) is 1. The Morgan fingerprint density at radius 2 is 2.05 bits per heavy atom. The largest absolute Gasteiger partial charge is 0.493 e. The predicted octanol–water partition coefficient (Wildman–Crippen LogP) is 3.50. The number of aryl methyl sites for hydroxylation is 1. The van der Waals surface area contributed by atoms with Crippen molar-refractivity contribution in [2.45, 2.75) is 90.4 Å². The Kier molecular flexibility index (Phi) is 11.3. The van der Waals surface area contributed by atoms with Gasteiger partial charge in [0.1, 0.15) is 12.1 Å². The standard InChI is InChI=1S/C30H46N6O4/c1-23(2)35-20-25-19-24(10-12-27(25)40-17-8-4-6-14-31-28(37)21-35)11-13-29(38)36-15-7-5-9-26(36)30-33-32-22-34(30)16-18-39-3/h10,12,19,22-23,26H,4-9,11,13-18,20-21H2,1-3H3,(H,31,37). The summed E-state index contributed by atoms with van der Waals surface area (Å²) in [5, 5.41) is 11.6. The summed E-state index contributed by atoms with van der Waals surface area (Å²) in [5.41, 5.74) is 2.16. The van der Waals surface area contributed by atoms with E-state index in [9.17, 15) is 9.59 Å². The highest BCUT2D eigenvalue weighted by atomic mass is 16.5. The summed E-state index contributed by atoms with van der Waals surface area (Å²) in [6.07, 6.45) is 8.70. The van der Waals surface area contributed by atoms with Crippen molar-refractivity contribution in [1.29, 1.82) is 0 Å². The third-order valence-electron chi connectivity index (χ3n) is 7.91. The van der Waals surface area contributed by atoms with Gasteiger partial charge in [0.15, 0.2) is 5.82 Å². The van der Waals surface area contributed by atoms with E-state index in [1.165, 1.54) is 0 Å². The first-order valence-electron chi connectivity index (χ1n) is 14.9. The number of benzene rings is 1. The molecule has 1 N–H and O–H groups in total. The smallest absolute Gasteiger partial charge is 0.234 e. The Labute approximate surface area is 238 Å². The van der Waals surface area contributed by atoms with E-state index >= 15 is 0 Å². The Morgan fingerprint density at radius 1 is 1.18 bits per heavy atom. The molecule has 10 nitrogen and oxygen atoms in total. The highest BCUT2D eigenvalue weighted by Gasteiger charge is 2.31. The van der Waals surface area contributed by atoms with Crippen LogP contribution in [0.3, 0.4) is 0 Å². The average molecular weight is 555 g/mol. The summed E-state index contributed by atoms with van der Waals surface area (Å²) in [6, 6.07) is 6.42. The summed E-state index contributed by atoms with van der Waals surface area (Å²) in [7, 11) is 1.68. The maximum atomic E-state index is 13.5. The van der Waals surface area contributed by atoms with Crippen molar-refractivity contribution in [3.05, 3.63) is 41.5 Å². The van der Waals surface area contributed by atoms with Crippen LogP contribution in [0, 0.1) is 0 Å². The Hall–Kier alpha value is -2.98. The van der Waals surface area contributed by atoms with Crippen LogP contribution in [-0.2, 0) is 33.8 Å². The van der Waals surface area contributed by atoms with Crippen molar-refractivity contribution in [2.24, 2.45) is 0 Å². The third kappa shape index (κ3) is 8.27. The first-order valence-corrected chi connectivity index (χ1v) is 14.9. The van der Waals surface area contributed by atoms with Gasteiger partial charge in [-0.25, -0.2) is 0 Å². The van der Waals surface area contributed by atoms with Gasteiger partial charge in [0.25, 0.3) is 0 Å². The van der Waals surface area contributed by atoms with Crippen LogP contribution in [0.25, 0.3) is 0 Å². The second-order valence-electron chi connectivity index (χ2n) is 11.2. The van der Waals surface area contributed by atoms with Gasteiger partial charge in [-0.05, 0) is 70.4 Å². The van der Waals surface area contributed by atoms with Gasteiger partial charge >= 0.3 is 0 Å². The van der Waals surface area contributed by atoms with Crippen LogP contribution >= 0.6 is 0 Å². The van der Waals surface area contributed by atoms with Crippen LogP contribution < -0.4 is 10.1 Å². The van der Waals surface area contributed by atoms with Crippen molar-refractivity contribution in [3.63, 3.8) is 0 Å². The predicted molar refractivity (Wildman–Crippen MR) is 153 cm³/mol. The molecule has 1 aromatic heterocycles. The Balaban J connectivity index is 1.46. The molecule has 2 aromatic rings. The number of methoxy groups -OCH3 is 1. The topological polar surface area (TPSA) is 102 Å². The second kappa shape index (κ2) is 15.1. The number of ether oxygens (including phenoxy) is 2. The van der Waals surface area contributed by atoms with Gasteiger partial charge in [-0.15, -0.1) is 10.2 Å². The molecule has 1 saturated heterocycles. The molecule has 2 aliphatic rings. The van der Waals surface area contributed by atoms with Crippen LogP contribution in [0.2, 0.25) is 0 Å². The first-order chi connectivity index (χ1) is 19.5. The van der Waals surface area contributed by atoms with Crippen LogP contribution in [0.15, 0.2) is 24.5 Å². The normalized spacial score (nSPS) is 19.6. The number of carbonyl (C=O) groups is 2. The molecule has 1 atom stereocenters. The van der Waals surface area contributed by atoms with E-state index in [1.807, 2.05) is 15.5 Å². The fourth-order valence-corrected chi connectivity index (χ4v) is 5.52. The Bertz CT molecular complexity index is 1100. The van der Waals surface area contributed by atoms with Gasteiger partial charge in [0.05, 0.1) is 25.8 Å². The van der Waals surface area contributed by atoms with Gasteiger partial charge in [-0.1, -0.05) is 12.1 Å². The summed E-state index contributed by atoms with van der Waals surface area (Å²) in [6.45, 7) is 8.54. The van der Waals surface area contributed by atoms with E-state index in [0.717, 1.165) is 67.8 Å². The molecule has 0 spiro atoms. The van der Waals surface area contributed by atoms with Crippen LogP contribution in [0.4, 0.5) is 0 Å². The number of rotatable bonds is 8. The quantitative estimate of drug-likeness (QED) is 0.533. The molecule has 40 heavy (non-hydrogen) atoms. The highest BCUT2D eigenvalue weighted by molar-refractivity contribution is 5.78. The van der Waals surface area contributed by atoms with Crippen molar-refractivity contribution in [3.8, 4) is 5.75 Å². The lowest BCUT2D eigenvalue weighted by molar-refractivity contribution is -0.135. The average Bonchev–Trinajstić information content (AvgIpc) is 3.43. The van der Waals surface area contributed by atoms with Crippen LogP contribution in [-0.4, -0.2) is 82.4 Å². The number of hydrogen-bond donors (Lipinski definition) is 1. The molecule has 2 amide bonds. The molecule has 10 heteroatoms. The van der Waals surface area contributed by atoms with Crippen molar-refractivity contribution in [2.75, 3.05) is 40.0 Å². The lowest BCUT2D eigenvalue weighted by Crippen LogP contribution is -2.40. The molecule has 1 fully saturated rings. The molecule has 0 aliphatic carbocycles. The summed E-state index contributed by atoms with van der Waals surface area (Å²) >= 11 is 0. The number of aromatic nitrogens is 3. The van der Waals surface area contributed by atoms with Crippen molar-refractivity contribution in [1.82, 2.24) is 29.9 Å². The van der Waals surface area contributed by atoms with Crippen LogP contribution in [0.1, 0.15) is 81.8 Å². The number of piperidine rings is 1. The minimum atomic E-state index is -0.0552. The first kappa shape index (κ1) is 30.0. The zero-order valence-electron chi connectivity index (χ0n) is 24.4. The molecule has 1 aromatic carbocycles. The van der Waals surface area contributed by atoms with Gasteiger partial charge < -0.3 is 24.3 Å². The van der Waals surface area contributed by atoms with E-state index in [4.69, 9.17) is 9.47 Å². The molecular weight excluding hydrogens is 508 g/mol. The van der Waals surface area contributed by atoms with Gasteiger partial charge in [0, 0.05) is 51.3 Å². The minimum absolute atomic E-state index is 0.0552. The van der Waals surface area contributed by atoms with Gasteiger partial charge in [-0.2, -0.15) is 0 Å². The van der Waals surface area contributed by atoms with E-state index in [0.29, 0.717) is 52.2 Å². The van der Waals surface area contributed by atoms with E-state index in [2.05, 4.69) is 46.4 Å². The lowest BCUT2D eigenvalue weighted by atomic mass is 9.99. The SMILES string of the molecule is COCCn1cnnc1C1CCCCN1C(=O)CCc1ccc2c(c1)CN(C(C)C)CC(=O)NCCCCCO2. The molecule has 0 bridgehead atoms. The number of likely N-dealkylation sites (tertiary alicyclic amines) is 1. The molecule has 220 valence electrons. The fourth-order valence-electron chi connectivity index (χ4n) is 5.52. The number of hydrogen-bond acceptors (Lipinski definition) is 7. The zero-order chi connectivity index (χ0) is 28.3. The summed E-state index contributed by atoms with van der Waals surface area (Å²) in [5.74, 6) is 1.92. The van der Waals surface area contributed by atoms with Crippen molar-refractivity contribution >= 4 is 11.8 Å². The number of amides is 2. The molecular formula is C30H46N6O4. The molecule has 3 heterocycles. The molecule has 0 radical (unpaired) electrons. The molecule has 2 aliphatic heterocycles. The Morgan fingerprint density at radius 3 is 2.88 bits per heavy atom. The lowest BCUT2D eigenvalue weighted by Gasteiger charge is -2.35. The minimum Gasteiger partial charge on any atom is -0.493 e. The van der Waals surface area contributed by atoms with E-state index in [1.54, 1.807) is 13.4 Å². The maximum absolute atomic E-state index is 13.5.